The molecule has 4 rings (SSSR count). The minimum absolute atomic E-state index is 0.00402. The third-order valence-corrected chi connectivity index (χ3v) is 4.87. The predicted octanol–water partition coefficient (Wildman–Crippen LogP) is 3.36. The highest BCUT2D eigenvalue weighted by Crippen LogP contribution is 2.31. The molecule has 0 unspecified atom stereocenters. The average molecular weight is 362 g/mol. The van der Waals surface area contributed by atoms with Gasteiger partial charge in [-0.25, -0.2) is 0 Å². The van der Waals surface area contributed by atoms with Crippen LogP contribution < -0.4 is 4.74 Å². The summed E-state index contributed by atoms with van der Waals surface area (Å²) in [5.74, 6) is 0.174. The molecule has 2 aromatic carbocycles. The Bertz CT molecular complexity index is 996. The van der Waals surface area contributed by atoms with Crippen molar-refractivity contribution in [3.05, 3.63) is 71.3 Å². The summed E-state index contributed by atoms with van der Waals surface area (Å²) in [6.45, 7) is 0. The summed E-state index contributed by atoms with van der Waals surface area (Å²) >= 11 is 1.28. The lowest BCUT2D eigenvalue weighted by molar-refractivity contribution is -0.114. The minimum atomic E-state index is -0.454. The van der Waals surface area contributed by atoms with Gasteiger partial charge in [0.15, 0.2) is 5.84 Å². The third kappa shape index (κ3) is 2.82. The highest BCUT2D eigenvalue weighted by molar-refractivity contribution is 8.27. The molecule has 128 valence electrons. The van der Waals surface area contributed by atoms with E-state index < -0.39 is 5.91 Å². The molecule has 2 aliphatic rings. The molecule has 0 bridgehead atoms. The Kier molecular flexibility index (Phi) is 4.14. The van der Waals surface area contributed by atoms with Crippen LogP contribution in [0.2, 0.25) is 0 Å². The molecule has 0 aliphatic carbocycles. The number of carbonyl (C=O) groups excluding carboxylic acids is 1. The Hall–Kier alpha value is -3.19. The summed E-state index contributed by atoms with van der Waals surface area (Å²) in [7, 11) is 1.56. The van der Waals surface area contributed by atoms with Gasteiger partial charge in [0.25, 0.3) is 5.91 Å². The maximum Gasteiger partial charge on any atom is 0.283 e. The number of benzene rings is 2. The van der Waals surface area contributed by atoms with Gasteiger partial charge in [0.2, 0.25) is 5.17 Å². The number of para-hydroxylation sites is 1. The van der Waals surface area contributed by atoms with Gasteiger partial charge in [-0.1, -0.05) is 48.5 Å². The van der Waals surface area contributed by atoms with Crippen LogP contribution in [0.1, 0.15) is 11.1 Å². The van der Waals surface area contributed by atoms with E-state index in [9.17, 15) is 4.79 Å². The van der Waals surface area contributed by atoms with Gasteiger partial charge in [0.1, 0.15) is 10.8 Å². The molecule has 0 saturated heterocycles. The second-order valence-electron chi connectivity index (χ2n) is 5.53. The van der Waals surface area contributed by atoms with Crippen LogP contribution >= 0.6 is 11.8 Å². The summed E-state index contributed by atoms with van der Waals surface area (Å²) in [6, 6.07) is 16.9. The van der Waals surface area contributed by atoms with Crippen LogP contribution in [0.25, 0.3) is 6.08 Å². The molecule has 1 amide bonds. The SMILES string of the molecule is COc1ccccc1/C=C1\C(=N)N2N=C(c3ccccc3)SC2=NC1=O. The second kappa shape index (κ2) is 6.61. The number of amides is 1. The topological polar surface area (TPSA) is 78.1 Å². The van der Waals surface area contributed by atoms with E-state index in [2.05, 4.69) is 10.1 Å². The molecule has 0 spiro atoms. The second-order valence-corrected chi connectivity index (χ2v) is 6.49. The summed E-state index contributed by atoms with van der Waals surface area (Å²) in [5, 5.41) is 15.4. The molecule has 2 aromatic rings. The highest BCUT2D eigenvalue weighted by atomic mass is 32.2. The first-order valence-corrected chi connectivity index (χ1v) is 8.67. The lowest BCUT2D eigenvalue weighted by atomic mass is 10.1. The molecule has 0 radical (unpaired) electrons. The Labute approximate surface area is 154 Å². The van der Waals surface area contributed by atoms with Gasteiger partial charge in [-0.3, -0.25) is 10.2 Å². The minimum Gasteiger partial charge on any atom is -0.496 e. The zero-order chi connectivity index (χ0) is 18.1. The van der Waals surface area contributed by atoms with Crippen LogP contribution in [0.5, 0.6) is 5.75 Å². The van der Waals surface area contributed by atoms with Gasteiger partial charge in [-0.05, 0) is 23.9 Å². The summed E-state index contributed by atoms with van der Waals surface area (Å²) < 4.78 is 5.31. The van der Waals surface area contributed by atoms with Crippen molar-refractivity contribution in [2.24, 2.45) is 10.1 Å². The predicted molar refractivity (Wildman–Crippen MR) is 104 cm³/mol. The zero-order valence-electron chi connectivity index (χ0n) is 13.8. The van der Waals surface area contributed by atoms with Crippen molar-refractivity contribution in [1.82, 2.24) is 5.01 Å². The van der Waals surface area contributed by atoms with Crippen molar-refractivity contribution >= 4 is 39.8 Å². The number of thioether (sulfide) groups is 1. The zero-order valence-corrected chi connectivity index (χ0v) is 14.7. The molecule has 7 heteroatoms. The molecule has 0 aromatic heterocycles. The standard InChI is InChI=1S/C19H14N4O2S/c1-25-15-10-6-5-9-13(15)11-14-16(20)23-19(21-17(14)24)26-18(22-23)12-7-3-2-4-8-12/h2-11,20H,1H3/b14-11+,20-16?. The van der Waals surface area contributed by atoms with Gasteiger partial charge in [-0.15, -0.1) is 0 Å². The van der Waals surface area contributed by atoms with Crippen molar-refractivity contribution in [3.63, 3.8) is 0 Å². The number of methoxy groups -OCH3 is 1. The maximum absolute atomic E-state index is 12.5. The van der Waals surface area contributed by atoms with Gasteiger partial charge < -0.3 is 4.74 Å². The van der Waals surface area contributed by atoms with E-state index in [0.29, 0.717) is 21.5 Å². The van der Waals surface area contributed by atoms with E-state index in [1.165, 1.54) is 16.8 Å². The summed E-state index contributed by atoms with van der Waals surface area (Å²) in [5.41, 5.74) is 1.81. The smallest absolute Gasteiger partial charge is 0.283 e. The number of ether oxygens (including phenoxy) is 1. The molecular weight excluding hydrogens is 348 g/mol. The first kappa shape index (κ1) is 16.3. The van der Waals surface area contributed by atoms with Crippen LogP contribution in [0, 0.1) is 5.41 Å². The number of carbonyl (C=O) groups is 1. The van der Waals surface area contributed by atoms with Crippen LogP contribution in [-0.4, -0.2) is 34.1 Å². The number of hydrazone groups is 1. The third-order valence-electron chi connectivity index (χ3n) is 3.91. The summed E-state index contributed by atoms with van der Waals surface area (Å²) in [4.78, 5) is 16.6. The van der Waals surface area contributed by atoms with Gasteiger partial charge in [0.05, 0.1) is 12.7 Å². The molecule has 2 aliphatic heterocycles. The number of hydrogen-bond donors (Lipinski definition) is 1. The average Bonchev–Trinajstić information content (AvgIpc) is 3.10. The van der Waals surface area contributed by atoms with Crippen molar-refractivity contribution < 1.29 is 9.53 Å². The monoisotopic (exact) mass is 362 g/mol. The van der Waals surface area contributed by atoms with E-state index in [4.69, 9.17) is 10.1 Å². The molecule has 0 atom stereocenters. The molecule has 0 fully saturated rings. The van der Waals surface area contributed by atoms with Gasteiger partial charge in [0, 0.05) is 11.1 Å². The van der Waals surface area contributed by atoms with E-state index in [0.717, 1.165) is 5.56 Å². The highest BCUT2D eigenvalue weighted by Gasteiger charge is 2.36. The lowest BCUT2D eigenvalue weighted by Gasteiger charge is -2.20. The Morgan fingerprint density at radius 1 is 1.12 bits per heavy atom. The number of nitrogens with one attached hydrogen (secondary N) is 1. The lowest BCUT2D eigenvalue weighted by Crippen LogP contribution is -2.35. The fourth-order valence-corrected chi connectivity index (χ4v) is 3.53. The Morgan fingerprint density at radius 2 is 1.85 bits per heavy atom. The number of aliphatic imine (C=N–C) groups is 1. The van der Waals surface area contributed by atoms with Crippen molar-refractivity contribution in [3.8, 4) is 5.75 Å². The van der Waals surface area contributed by atoms with Crippen LogP contribution in [-0.2, 0) is 4.79 Å². The van der Waals surface area contributed by atoms with E-state index in [1.54, 1.807) is 19.3 Å². The fourth-order valence-electron chi connectivity index (χ4n) is 2.63. The molecule has 26 heavy (non-hydrogen) atoms. The van der Waals surface area contributed by atoms with Gasteiger partial charge in [-0.2, -0.15) is 15.1 Å². The number of amidine groups is 2. The molecule has 1 N–H and O–H groups in total. The molecule has 0 saturated carbocycles. The number of fused-ring (bicyclic) bond motifs is 1. The maximum atomic E-state index is 12.5. The number of rotatable bonds is 3. The number of hydrogen-bond acceptors (Lipinski definition) is 5. The molecule has 2 heterocycles. The summed E-state index contributed by atoms with van der Waals surface area (Å²) in [6.07, 6.45) is 1.62. The van der Waals surface area contributed by atoms with E-state index >= 15 is 0 Å². The molecular formula is C19H14N4O2S. The van der Waals surface area contributed by atoms with Crippen LogP contribution in [0.3, 0.4) is 0 Å². The van der Waals surface area contributed by atoms with Crippen molar-refractivity contribution in [2.75, 3.05) is 7.11 Å². The normalized spacial score (nSPS) is 17.9. The van der Waals surface area contributed by atoms with Crippen LogP contribution in [0.4, 0.5) is 0 Å². The quantitative estimate of drug-likeness (QED) is 0.849. The Balaban J connectivity index is 1.72. The van der Waals surface area contributed by atoms with Crippen molar-refractivity contribution in [2.45, 2.75) is 0 Å². The number of nitrogens with zero attached hydrogens (tertiary/aromatic N) is 3. The molecule has 6 nitrogen and oxygen atoms in total. The largest absolute Gasteiger partial charge is 0.496 e. The van der Waals surface area contributed by atoms with Crippen LogP contribution in [0.15, 0.2) is 70.3 Å². The van der Waals surface area contributed by atoms with E-state index in [1.807, 2.05) is 48.5 Å². The van der Waals surface area contributed by atoms with Crippen molar-refractivity contribution in [1.29, 1.82) is 5.41 Å². The van der Waals surface area contributed by atoms with Gasteiger partial charge >= 0.3 is 0 Å². The van der Waals surface area contributed by atoms with E-state index in [-0.39, 0.29) is 11.4 Å². The fraction of sp³-hybridized carbons (Fsp3) is 0.0526. The first-order chi connectivity index (χ1) is 12.7. The first-order valence-electron chi connectivity index (χ1n) is 7.86. The Morgan fingerprint density at radius 3 is 2.62 bits per heavy atom.